The molecule has 2 aromatic carbocycles. The Morgan fingerprint density at radius 2 is 1.97 bits per heavy atom. The Labute approximate surface area is 176 Å². The van der Waals surface area contributed by atoms with Gasteiger partial charge >= 0.3 is 5.97 Å². The van der Waals surface area contributed by atoms with Gasteiger partial charge in [0.25, 0.3) is 5.91 Å². The number of nitrogens with zero attached hydrogens (tertiary/aromatic N) is 2. The number of ether oxygens (including phenoxy) is 2. The number of aromatic nitrogens is 1. The number of rotatable bonds is 6. The molecule has 3 aromatic rings. The summed E-state index contributed by atoms with van der Waals surface area (Å²) in [5.74, 6) is -0.283. The fourth-order valence-electron chi connectivity index (χ4n) is 3.09. The number of esters is 1. The molecule has 0 atom stereocenters. The van der Waals surface area contributed by atoms with Gasteiger partial charge in [-0.05, 0) is 31.2 Å². The summed E-state index contributed by atoms with van der Waals surface area (Å²) in [6, 6.07) is 12.8. The van der Waals surface area contributed by atoms with Gasteiger partial charge in [0, 0.05) is 26.6 Å². The minimum atomic E-state index is -0.393. The maximum atomic E-state index is 12.5. The Morgan fingerprint density at radius 3 is 2.69 bits per heavy atom. The molecule has 1 N–H and O–H groups in total. The second-order valence-electron chi connectivity index (χ2n) is 6.22. The number of benzene rings is 2. The molecule has 0 aliphatic carbocycles. The van der Waals surface area contributed by atoms with E-state index in [-0.39, 0.29) is 12.5 Å². The zero-order valence-corrected chi connectivity index (χ0v) is 17.8. The summed E-state index contributed by atoms with van der Waals surface area (Å²) in [6.45, 7) is 1.99. The fourth-order valence-corrected chi connectivity index (χ4v) is 3.45. The number of hydrogen-bond acceptors (Lipinski definition) is 5. The van der Waals surface area contributed by atoms with E-state index in [2.05, 4.69) is 26.5 Å². The lowest BCUT2D eigenvalue weighted by atomic mass is 10.1. The molecule has 0 bridgehead atoms. The van der Waals surface area contributed by atoms with Crippen LogP contribution in [0.1, 0.15) is 21.6 Å². The first kappa shape index (κ1) is 20.6. The molecule has 7 nitrogen and oxygen atoms in total. The van der Waals surface area contributed by atoms with Crippen molar-refractivity contribution in [2.75, 3.05) is 14.2 Å². The number of nitrogens with one attached hydrogen (secondary N) is 1. The number of hydrazone groups is 1. The fraction of sp³-hybridized carbons (Fsp3) is 0.190. The molecule has 0 aliphatic rings. The van der Waals surface area contributed by atoms with E-state index in [1.807, 2.05) is 35.8 Å². The summed E-state index contributed by atoms with van der Waals surface area (Å²) < 4.78 is 12.6. The van der Waals surface area contributed by atoms with E-state index in [1.54, 1.807) is 24.4 Å². The highest BCUT2D eigenvalue weighted by atomic mass is 79.9. The lowest BCUT2D eigenvalue weighted by Crippen LogP contribution is -2.18. The van der Waals surface area contributed by atoms with E-state index in [0.717, 1.165) is 26.6 Å². The van der Waals surface area contributed by atoms with Crippen molar-refractivity contribution in [3.63, 3.8) is 0 Å². The maximum absolute atomic E-state index is 12.5. The normalized spacial score (nSPS) is 11.0. The highest BCUT2D eigenvalue weighted by molar-refractivity contribution is 9.10. The van der Waals surface area contributed by atoms with E-state index in [1.165, 1.54) is 14.2 Å². The van der Waals surface area contributed by atoms with Crippen LogP contribution in [0.3, 0.4) is 0 Å². The van der Waals surface area contributed by atoms with Gasteiger partial charge in [-0.1, -0.05) is 34.1 Å². The van der Waals surface area contributed by atoms with Gasteiger partial charge in [0.1, 0.15) is 12.3 Å². The van der Waals surface area contributed by atoms with Crippen molar-refractivity contribution in [1.82, 2.24) is 9.99 Å². The largest absolute Gasteiger partial charge is 0.496 e. The molecule has 0 unspecified atom stereocenters. The Balaban J connectivity index is 1.90. The smallest absolute Gasteiger partial charge is 0.325 e. The molecule has 1 heterocycles. The van der Waals surface area contributed by atoms with Crippen LogP contribution in [0.4, 0.5) is 0 Å². The lowest BCUT2D eigenvalue weighted by molar-refractivity contribution is -0.141. The number of fused-ring (bicyclic) bond motifs is 1. The van der Waals surface area contributed by atoms with Crippen molar-refractivity contribution in [3.05, 3.63) is 63.8 Å². The van der Waals surface area contributed by atoms with Crippen LogP contribution in [-0.4, -0.2) is 36.9 Å². The molecular weight excluding hydrogens is 438 g/mol. The molecule has 8 heteroatoms. The number of hydrogen-bond donors (Lipinski definition) is 1. The summed E-state index contributed by atoms with van der Waals surface area (Å²) in [7, 11) is 2.86. The van der Waals surface area contributed by atoms with Crippen LogP contribution >= 0.6 is 15.9 Å². The van der Waals surface area contributed by atoms with E-state index >= 15 is 0 Å². The minimum absolute atomic E-state index is 0.0955. The highest BCUT2D eigenvalue weighted by Crippen LogP contribution is 2.25. The Kier molecular flexibility index (Phi) is 6.33. The molecule has 1 amide bonds. The van der Waals surface area contributed by atoms with Crippen LogP contribution < -0.4 is 10.2 Å². The van der Waals surface area contributed by atoms with Crippen LogP contribution in [0, 0.1) is 6.92 Å². The Bertz CT molecular complexity index is 1100. The second kappa shape index (κ2) is 8.91. The van der Waals surface area contributed by atoms with Crippen LogP contribution in [0.5, 0.6) is 5.75 Å². The zero-order valence-electron chi connectivity index (χ0n) is 16.2. The molecule has 0 spiro atoms. The predicted octanol–water partition coefficient (Wildman–Crippen LogP) is 3.66. The Hall–Kier alpha value is -3.13. The third kappa shape index (κ3) is 4.32. The molecule has 150 valence electrons. The molecule has 0 fully saturated rings. The van der Waals surface area contributed by atoms with Crippen molar-refractivity contribution in [1.29, 1.82) is 0 Å². The van der Waals surface area contributed by atoms with Gasteiger partial charge in [0.2, 0.25) is 0 Å². The van der Waals surface area contributed by atoms with E-state index in [4.69, 9.17) is 9.47 Å². The molecule has 0 saturated heterocycles. The number of carbonyl (C=O) groups excluding carboxylic acids is 2. The van der Waals surface area contributed by atoms with Gasteiger partial charge in [-0.2, -0.15) is 5.10 Å². The lowest BCUT2D eigenvalue weighted by Gasteiger charge is -2.07. The first-order valence-corrected chi connectivity index (χ1v) is 9.57. The van der Waals surface area contributed by atoms with Gasteiger partial charge in [0.05, 0.1) is 26.0 Å². The molecule has 3 rings (SSSR count). The Morgan fingerprint density at radius 1 is 1.21 bits per heavy atom. The number of halogens is 1. The average molecular weight is 458 g/mol. The summed E-state index contributed by atoms with van der Waals surface area (Å²) in [5.41, 5.74) is 5.44. The van der Waals surface area contributed by atoms with Crippen molar-refractivity contribution < 1.29 is 19.1 Å². The van der Waals surface area contributed by atoms with E-state index < -0.39 is 5.91 Å². The molecule has 0 radical (unpaired) electrons. The third-order valence-electron chi connectivity index (χ3n) is 4.56. The quantitative estimate of drug-likeness (QED) is 0.347. The predicted molar refractivity (Wildman–Crippen MR) is 114 cm³/mol. The summed E-state index contributed by atoms with van der Waals surface area (Å²) in [4.78, 5) is 24.3. The second-order valence-corrected chi connectivity index (χ2v) is 7.14. The van der Waals surface area contributed by atoms with Crippen molar-refractivity contribution in [2.45, 2.75) is 13.5 Å². The number of para-hydroxylation sites is 1. The highest BCUT2D eigenvalue weighted by Gasteiger charge is 2.16. The van der Waals surface area contributed by atoms with Crippen LogP contribution in [0.15, 0.2) is 52.0 Å². The third-order valence-corrected chi connectivity index (χ3v) is 5.05. The first-order chi connectivity index (χ1) is 14.0. The average Bonchev–Trinajstić information content (AvgIpc) is 2.99. The topological polar surface area (TPSA) is 81.9 Å². The van der Waals surface area contributed by atoms with Gasteiger partial charge in [-0.3, -0.25) is 9.59 Å². The standard InChI is InChI=1S/C21H20BrN3O4/c1-13-17(15-6-4-5-7-18(15)25(13)12-20(26)29-3)11-23-24-21(27)16-10-14(22)8-9-19(16)28-2/h4-11H,12H2,1-3H3,(H,24,27)/b23-11-. The first-order valence-electron chi connectivity index (χ1n) is 8.77. The number of carbonyl (C=O) groups is 2. The van der Waals surface area contributed by atoms with Crippen LogP contribution in [0.25, 0.3) is 10.9 Å². The number of amides is 1. The zero-order chi connectivity index (χ0) is 21.0. The maximum Gasteiger partial charge on any atom is 0.325 e. The van der Waals surface area contributed by atoms with Crippen molar-refractivity contribution in [2.24, 2.45) is 5.10 Å². The summed E-state index contributed by atoms with van der Waals surface area (Å²) in [5, 5.41) is 5.04. The van der Waals surface area contributed by atoms with Crippen molar-refractivity contribution >= 4 is 44.9 Å². The molecule has 29 heavy (non-hydrogen) atoms. The SMILES string of the molecule is COC(=O)Cn1c(C)c(/C=N\NC(=O)c2cc(Br)ccc2OC)c2ccccc21. The van der Waals surface area contributed by atoms with E-state index in [9.17, 15) is 9.59 Å². The van der Waals surface area contributed by atoms with Gasteiger partial charge in [0.15, 0.2) is 0 Å². The summed E-state index contributed by atoms with van der Waals surface area (Å²) >= 11 is 3.35. The molecule has 0 saturated carbocycles. The van der Waals surface area contributed by atoms with Crippen LogP contribution in [-0.2, 0) is 16.1 Å². The van der Waals surface area contributed by atoms with Crippen molar-refractivity contribution in [3.8, 4) is 5.75 Å². The van der Waals surface area contributed by atoms with Gasteiger partial charge in [-0.25, -0.2) is 5.43 Å². The monoisotopic (exact) mass is 457 g/mol. The molecular formula is C21H20BrN3O4. The van der Waals surface area contributed by atoms with Gasteiger partial charge < -0.3 is 14.0 Å². The number of methoxy groups -OCH3 is 2. The van der Waals surface area contributed by atoms with Gasteiger partial charge in [-0.15, -0.1) is 0 Å². The molecule has 1 aromatic heterocycles. The summed E-state index contributed by atoms with van der Waals surface area (Å²) in [6.07, 6.45) is 1.58. The van der Waals surface area contributed by atoms with E-state index in [0.29, 0.717) is 11.3 Å². The minimum Gasteiger partial charge on any atom is -0.496 e. The molecule has 0 aliphatic heterocycles. The van der Waals surface area contributed by atoms with Crippen LogP contribution in [0.2, 0.25) is 0 Å².